The summed E-state index contributed by atoms with van der Waals surface area (Å²) in [5, 5.41) is 16.3. The zero-order valence-corrected chi connectivity index (χ0v) is 18.0. The summed E-state index contributed by atoms with van der Waals surface area (Å²) in [5.74, 6) is -1.08. The highest BCUT2D eigenvalue weighted by Crippen LogP contribution is 2.47. The highest BCUT2D eigenvalue weighted by Gasteiger charge is 2.47. The van der Waals surface area contributed by atoms with Gasteiger partial charge in [0.1, 0.15) is 5.54 Å². The lowest BCUT2D eigenvalue weighted by Gasteiger charge is -2.35. The Morgan fingerprint density at radius 3 is 1.92 bits per heavy atom. The number of sulfone groups is 1. The van der Waals surface area contributed by atoms with Crippen molar-refractivity contribution in [1.82, 2.24) is 3.71 Å². The van der Waals surface area contributed by atoms with Crippen LogP contribution < -0.4 is 0 Å². The normalized spacial score (nSPS) is 15.1. The highest BCUT2D eigenvalue weighted by atomic mass is 35.5. The van der Waals surface area contributed by atoms with Crippen molar-refractivity contribution < 1.29 is 16.8 Å². The summed E-state index contributed by atoms with van der Waals surface area (Å²) in [4.78, 5) is -1.43. The average Bonchev–Trinajstić information content (AvgIpc) is 2.40. The molecule has 14 heteroatoms. The van der Waals surface area contributed by atoms with Crippen LogP contribution >= 0.6 is 58.4 Å². The van der Waals surface area contributed by atoms with E-state index in [9.17, 15) is 22.1 Å². The van der Waals surface area contributed by atoms with Gasteiger partial charge in [0.25, 0.3) is 0 Å². The van der Waals surface area contributed by atoms with E-state index in [4.69, 9.17) is 51.7 Å². The monoisotopic (exact) mass is 475 g/mol. The summed E-state index contributed by atoms with van der Waals surface area (Å²) in [6.07, 6.45) is 0.726. The molecule has 0 saturated carbocycles. The van der Waals surface area contributed by atoms with Crippen molar-refractivity contribution in [2.24, 2.45) is 0 Å². The van der Waals surface area contributed by atoms with Crippen LogP contribution in [-0.4, -0.2) is 51.8 Å². The van der Waals surface area contributed by atoms with Gasteiger partial charge < -0.3 is 0 Å². The van der Waals surface area contributed by atoms with Gasteiger partial charge in [-0.15, -0.1) is 26.9 Å². The molecule has 138 valence electrons. The second-order valence-corrected chi connectivity index (χ2v) is 13.5. The third-order valence-corrected chi connectivity index (χ3v) is 9.91. The van der Waals surface area contributed by atoms with Crippen LogP contribution in [0.2, 0.25) is 0 Å². The quantitative estimate of drug-likeness (QED) is 0.389. The number of hydrogen-bond acceptors (Lipinski definition) is 7. The summed E-state index contributed by atoms with van der Waals surface area (Å²) < 4.78 is 46.6. The maximum atomic E-state index is 12.6. The summed E-state index contributed by atoms with van der Waals surface area (Å²) in [6.45, 7) is 2.47. The number of rotatable bonds is 8. The van der Waals surface area contributed by atoms with Crippen molar-refractivity contribution >= 4 is 78.2 Å². The van der Waals surface area contributed by atoms with Gasteiger partial charge in [-0.1, -0.05) is 23.2 Å². The van der Waals surface area contributed by atoms with Crippen molar-refractivity contribution in [3.63, 3.8) is 0 Å². The SMILES string of the molecule is CC(C)(C#N)N(SC(Cl)(Cl)C(Cl)Cl)S(=O)(=O)CC(C#N)S(C)(=O)=O. The van der Waals surface area contributed by atoms with Gasteiger partial charge in [-0.05, 0) is 25.8 Å². The molecule has 0 bridgehead atoms. The van der Waals surface area contributed by atoms with Crippen LogP contribution in [0.25, 0.3) is 0 Å². The second-order valence-electron chi connectivity index (χ2n) is 5.08. The molecule has 7 nitrogen and oxygen atoms in total. The highest BCUT2D eigenvalue weighted by molar-refractivity contribution is 8.11. The van der Waals surface area contributed by atoms with E-state index in [1.807, 2.05) is 0 Å². The molecule has 0 aliphatic carbocycles. The Labute approximate surface area is 165 Å². The van der Waals surface area contributed by atoms with Crippen LogP contribution in [0.3, 0.4) is 0 Å². The number of halogens is 4. The predicted octanol–water partition coefficient (Wildman–Crippen LogP) is 2.44. The van der Waals surface area contributed by atoms with Crippen LogP contribution in [0.4, 0.5) is 0 Å². The van der Waals surface area contributed by atoms with Gasteiger partial charge in [0, 0.05) is 6.26 Å². The lowest BCUT2D eigenvalue weighted by atomic mass is 10.1. The standard InChI is InChI=1S/C10H13Cl4N3O4S3/c1-9(2,6-16)17(22-10(13,14)8(11)12)24(20,21)5-7(4-15)23(3,18)19/h7-8H,5H2,1-3H3. The smallest absolute Gasteiger partial charge is 0.227 e. The molecule has 0 rings (SSSR count). The van der Waals surface area contributed by atoms with Crippen LogP contribution in [-0.2, 0) is 19.9 Å². The fourth-order valence-electron chi connectivity index (χ4n) is 1.23. The van der Waals surface area contributed by atoms with E-state index in [2.05, 4.69) is 0 Å². The maximum Gasteiger partial charge on any atom is 0.227 e. The van der Waals surface area contributed by atoms with Crippen molar-refractivity contribution in [2.45, 2.75) is 33.1 Å². The Morgan fingerprint density at radius 2 is 1.62 bits per heavy atom. The molecule has 0 spiro atoms. The fourth-order valence-corrected chi connectivity index (χ4v) is 6.71. The lowest BCUT2D eigenvalue weighted by molar-refractivity contribution is 0.429. The van der Waals surface area contributed by atoms with E-state index < -0.39 is 44.9 Å². The summed E-state index contributed by atoms with van der Waals surface area (Å²) in [7, 11) is -8.44. The number of hydrogen-bond donors (Lipinski definition) is 0. The van der Waals surface area contributed by atoms with E-state index in [1.165, 1.54) is 19.9 Å². The molecular weight excluding hydrogens is 464 g/mol. The summed E-state index contributed by atoms with van der Waals surface area (Å²) >= 11 is 23.1. The van der Waals surface area contributed by atoms with E-state index in [0.29, 0.717) is 3.71 Å². The van der Waals surface area contributed by atoms with Gasteiger partial charge in [-0.3, -0.25) is 0 Å². The molecule has 0 aromatic carbocycles. The lowest BCUT2D eigenvalue weighted by Crippen LogP contribution is -2.47. The van der Waals surface area contributed by atoms with Crippen LogP contribution in [0.1, 0.15) is 13.8 Å². The van der Waals surface area contributed by atoms with Crippen LogP contribution in [0, 0.1) is 22.7 Å². The molecule has 0 aromatic rings. The molecule has 1 atom stereocenters. The Kier molecular flexibility index (Phi) is 8.48. The van der Waals surface area contributed by atoms with Crippen molar-refractivity contribution in [2.75, 3.05) is 12.0 Å². The molecule has 1 unspecified atom stereocenters. The third kappa shape index (κ3) is 6.58. The summed E-state index contributed by atoms with van der Waals surface area (Å²) in [6, 6.07) is 3.13. The molecular formula is C10H13Cl4N3O4S3. The topological polar surface area (TPSA) is 119 Å². The van der Waals surface area contributed by atoms with Gasteiger partial charge in [0.2, 0.25) is 13.7 Å². The van der Waals surface area contributed by atoms with Gasteiger partial charge in [0.05, 0.1) is 17.9 Å². The minimum atomic E-state index is -4.47. The molecule has 0 aromatic heterocycles. The van der Waals surface area contributed by atoms with E-state index in [0.717, 1.165) is 6.26 Å². The molecule has 0 fully saturated rings. The molecule has 24 heavy (non-hydrogen) atoms. The van der Waals surface area contributed by atoms with Crippen LogP contribution in [0.15, 0.2) is 0 Å². The molecule has 0 radical (unpaired) electrons. The van der Waals surface area contributed by atoms with Crippen molar-refractivity contribution in [3.05, 3.63) is 0 Å². The molecule has 0 aliphatic rings. The van der Waals surface area contributed by atoms with Gasteiger partial charge in [-0.2, -0.15) is 10.5 Å². The van der Waals surface area contributed by atoms with Gasteiger partial charge >= 0.3 is 0 Å². The number of nitriles is 2. The first-order valence-corrected chi connectivity index (χ1v) is 11.9. The first-order chi connectivity index (χ1) is 10.5. The first-order valence-electron chi connectivity index (χ1n) is 5.89. The molecule has 0 heterocycles. The number of sulfonamides is 1. The zero-order valence-electron chi connectivity index (χ0n) is 12.6. The second kappa shape index (κ2) is 8.36. The number of nitrogens with zero attached hydrogens (tertiary/aromatic N) is 3. The molecule has 0 saturated heterocycles. The Morgan fingerprint density at radius 1 is 1.17 bits per heavy atom. The van der Waals surface area contributed by atoms with E-state index >= 15 is 0 Å². The molecule has 0 N–H and O–H groups in total. The maximum absolute atomic E-state index is 12.6. The minimum absolute atomic E-state index is 0.242. The predicted molar refractivity (Wildman–Crippen MR) is 97.1 cm³/mol. The Bertz CT molecular complexity index is 753. The van der Waals surface area contributed by atoms with Crippen molar-refractivity contribution in [3.8, 4) is 12.1 Å². The Hall–Kier alpha value is 0.350. The zero-order chi connectivity index (χ0) is 19.6. The largest absolute Gasteiger partial charge is 0.228 e. The van der Waals surface area contributed by atoms with Gasteiger partial charge in [0.15, 0.2) is 19.9 Å². The third-order valence-electron chi connectivity index (χ3n) is 2.46. The first kappa shape index (κ1) is 24.4. The molecule has 0 aliphatic heterocycles. The van der Waals surface area contributed by atoms with Gasteiger partial charge in [-0.25, -0.2) is 16.8 Å². The fraction of sp³-hybridized carbons (Fsp3) is 0.800. The summed E-state index contributed by atoms with van der Waals surface area (Å²) in [5.41, 5.74) is -1.68. The Balaban J connectivity index is 6.01. The van der Waals surface area contributed by atoms with Crippen molar-refractivity contribution in [1.29, 1.82) is 10.5 Å². The number of alkyl halides is 4. The van der Waals surface area contributed by atoms with Crippen LogP contribution in [0.5, 0.6) is 0 Å². The van der Waals surface area contributed by atoms with E-state index in [1.54, 1.807) is 6.07 Å². The molecule has 0 amide bonds. The minimum Gasteiger partial charge on any atom is -0.228 e. The average molecular weight is 477 g/mol. The van der Waals surface area contributed by atoms with E-state index in [-0.39, 0.29) is 11.9 Å².